The number of ether oxygens (including phenoxy) is 1. The van der Waals surface area contributed by atoms with E-state index in [4.69, 9.17) is 4.74 Å². The lowest BCUT2D eigenvalue weighted by Gasteiger charge is -2.14. The van der Waals surface area contributed by atoms with Crippen LogP contribution in [-0.4, -0.2) is 37.4 Å². The topological polar surface area (TPSA) is 96.5 Å². The summed E-state index contributed by atoms with van der Waals surface area (Å²) >= 11 is 0. The predicted octanol–water partition coefficient (Wildman–Crippen LogP) is 3.75. The SMILES string of the molecule is CCOc1ccc2ccccc2c1C(=O)Nc1ccc(C(=O)NCCNC(=O)C2CC2)cc1. The molecule has 7 nitrogen and oxygen atoms in total. The highest BCUT2D eigenvalue weighted by atomic mass is 16.5. The van der Waals surface area contributed by atoms with Gasteiger partial charge in [0.15, 0.2) is 0 Å². The van der Waals surface area contributed by atoms with Crippen LogP contribution < -0.4 is 20.7 Å². The Hall–Kier alpha value is -3.87. The average Bonchev–Trinajstić information content (AvgIpc) is 3.67. The van der Waals surface area contributed by atoms with Crippen LogP contribution in [-0.2, 0) is 4.79 Å². The summed E-state index contributed by atoms with van der Waals surface area (Å²) in [7, 11) is 0. The summed E-state index contributed by atoms with van der Waals surface area (Å²) in [4.78, 5) is 37.1. The summed E-state index contributed by atoms with van der Waals surface area (Å²) < 4.78 is 5.69. The van der Waals surface area contributed by atoms with E-state index < -0.39 is 0 Å². The Morgan fingerprint density at radius 1 is 0.879 bits per heavy atom. The number of anilines is 1. The van der Waals surface area contributed by atoms with Crippen LogP contribution in [0.5, 0.6) is 5.75 Å². The molecule has 3 aromatic rings. The van der Waals surface area contributed by atoms with Gasteiger partial charge in [-0.25, -0.2) is 0 Å². The van der Waals surface area contributed by atoms with E-state index in [9.17, 15) is 14.4 Å². The number of nitrogens with one attached hydrogen (secondary N) is 3. The van der Waals surface area contributed by atoms with Crippen molar-refractivity contribution in [3.8, 4) is 5.75 Å². The maximum Gasteiger partial charge on any atom is 0.260 e. The minimum Gasteiger partial charge on any atom is -0.493 e. The second-order valence-corrected chi connectivity index (χ2v) is 7.95. The normalized spacial score (nSPS) is 12.8. The Morgan fingerprint density at radius 3 is 2.33 bits per heavy atom. The van der Waals surface area contributed by atoms with Gasteiger partial charge in [0.25, 0.3) is 11.8 Å². The number of benzene rings is 3. The molecule has 1 saturated carbocycles. The molecule has 1 aliphatic rings. The Labute approximate surface area is 192 Å². The van der Waals surface area contributed by atoms with Gasteiger partial charge in [-0.05, 0) is 60.9 Å². The van der Waals surface area contributed by atoms with Crippen LogP contribution in [0.25, 0.3) is 10.8 Å². The number of carbonyl (C=O) groups is 3. The largest absolute Gasteiger partial charge is 0.493 e. The van der Waals surface area contributed by atoms with Gasteiger partial charge in [0, 0.05) is 30.3 Å². The first-order valence-corrected chi connectivity index (χ1v) is 11.2. The van der Waals surface area contributed by atoms with E-state index in [2.05, 4.69) is 16.0 Å². The fraction of sp³-hybridized carbons (Fsp3) is 0.269. The molecule has 0 spiro atoms. The number of rotatable bonds is 9. The van der Waals surface area contributed by atoms with E-state index in [1.165, 1.54) is 0 Å². The molecule has 7 heteroatoms. The van der Waals surface area contributed by atoms with Crippen LogP contribution in [0.4, 0.5) is 5.69 Å². The highest BCUT2D eigenvalue weighted by Crippen LogP contribution is 2.29. The van der Waals surface area contributed by atoms with Gasteiger partial charge in [-0.2, -0.15) is 0 Å². The molecular formula is C26H27N3O4. The summed E-state index contributed by atoms with van der Waals surface area (Å²) in [6, 6.07) is 18.1. The zero-order valence-corrected chi connectivity index (χ0v) is 18.5. The van der Waals surface area contributed by atoms with Gasteiger partial charge in [-0.1, -0.05) is 30.3 Å². The van der Waals surface area contributed by atoms with E-state index >= 15 is 0 Å². The Morgan fingerprint density at radius 2 is 1.61 bits per heavy atom. The number of fused-ring (bicyclic) bond motifs is 1. The van der Waals surface area contributed by atoms with Crippen LogP contribution in [0.15, 0.2) is 60.7 Å². The van der Waals surface area contributed by atoms with E-state index in [1.54, 1.807) is 30.3 Å². The van der Waals surface area contributed by atoms with Gasteiger partial charge in [0.05, 0.1) is 12.2 Å². The lowest BCUT2D eigenvalue weighted by molar-refractivity contribution is -0.122. The summed E-state index contributed by atoms with van der Waals surface area (Å²) in [5.74, 6) is 0.226. The zero-order valence-electron chi connectivity index (χ0n) is 18.5. The fourth-order valence-electron chi connectivity index (χ4n) is 3.61. The van der Waals surface area contributed by atoms with Gasteiger partial charge in [-0.15, -0.1) is 0 Å². The molecule has 0 atom stereocenters. The predicted molar refractivity (Wildman–Crippen MR) is 128 cm³/mol. The maximum atomic E-state index is 13.1. The molecule has 170 valence electrons. The van der Waals surface area contributed by atoms with E-state index in [0.29, 0.717) is 42.3 Å². The molecule has 3 N–H and O–H groups in total. The second-order valence-electron chi connectivity index (χ2n) is 7.95. The molecule has 0 unspecified atom stereocenters. The average molecular weight is 446 g/mol. The summed E-state index contributed by atoms with van der Waals surface area (Å²) in [5.41, 5.74) is 1.52. The van der Waals surface area contributed by atoms with Crippen LogP contribution >= 0.6 is 0 Å². The van der Waals surface area contributed by atoms with Crippen molar-refractivity contribution in [3.05, 3.63) is 71.8 Å². The minimum absolute atomic E-state index is 0.0584. The highest BCUT2D eigenvalue weighted by molar-refractivity contribution is 6.15. The summed E-state index contributed by atoms with van der Waals surface area (Å²) in [6.45, 7) is 3.09. The Bertz CT molecular complexity index is 1170. The third-order valence-corrected chi connectivity index (χ3v) is 5.48. The van der Waals surface area contributed by atoms with Crippen LogP contribution in [0, 0.1) is 5.92 Å². The third kappa shape index (κ3) is 5.49. The van der Waals surface area contributed by atoms with Crippen molar-refractivity contribution in [1.82, 2.24) is 10.6 Å². The number of amides is 3. The molecule has 0 radical (unpaired) electrons. The van der Waals surface area contributed by atoms with Crippen molar-refractivity contribution in [3.63, 3.8) is 0 Å². The van der Waals surface area contributed by atoms with Crippen molar-refractivity contribution < 1.29 is 19.1 Å². The molecule has 1 aliphatic carbocycles. The number of carbonyl (C=O) groups excluding carboxylic acids is 3. The quantitative estimate of drug-likeness (QED) is 0.437. The molecule has 0 saturated heterocycles. The minimum atomic E-state index is -0.279. The van der Waals surface area contributed by atoms with E-state index in [1.807, 2.05) is 37.3 Å². The fourth-order valence-corrected chi connectivity index (χ4v) is 3.61. The van der Waals surface area contributed by atoms with Gasteiger partial charge in [-0.3, -0.25) is 14.4 Å². The monoisotopic (exact) mass is 445 g/mol. The third-order valence-electron chi connectivity index (χ3n) is 5.48. The molecule has 0 bridgehead atoms. The Kier molecular flexibility index (Phi) is 6.88. The van der Waals surface area contributed by atoms with Gasteiger partial charge >= 0.3 is 0 Å². The molecule has 0 aromatic heterocycles. The number of hydrogen-bond acceptors (Lipinski definition) is 4. The van der Waals surface area contributed by atoms with Crippen molar-refractivity contribution >= 4 is 34.2 Å². The Balaban J connectivity index is 1.38. The van der Waals surface area contributed by atoms with Crippen molar-refractivity contribution in [1.29, 1.82) is 0 Å². The second kappa shape index (κ2) is 10.2. The van der Waals surface area contributed by atoms with Crippen molar-refractivity contribution in [2.45, 2.75) is 19.8 Å². The van der Waals surface area contributed by atoms with Crippen LogP contribution in [0.2, 0.25) is 0 Å². The lowest BCUT2D eigenvalue weighted by atomic mass is 10.0. The van der Waals surface area contributed by atoms with Crippen molar-refractivity contribution in [2.75, 3.05) is 25.0 Å². The first-order chi connectivity index (χ1) is 16.1. The smallest absolute Gasteiger partial charge is 0.260 e. The summed E-state index contributed by atoms with van der Waals surface area (Å²) in [5, 5.41) is 10.3. The highest BCUT2D eigenvalue weighted by Gasteiger charge is 2.29. The number of hydrogen-bond donors (Lipinski definition) is 3. The molecule has 3 aromatic carbocycles. The molecule has 4 rings (SSSR count). The zero-order chi connectivity index (χ0) is 23.2. The molecule has 1 fully saturated rings. The molecule has 33 heavy (non-hydrogen) atoms. The standard InChI is InChI=1S/C26H27N3O4/c1-2-33-22-14-11-17-5-3-4-6-21(17)23(22)26(32)29-20-12-9-19(10-13-20)25(31)28-16-15-27-24(30)18-7-8-18/h3-6,9-14,18H,2,7-8,15-16H2,1H3,(H,27,30)(H,28,31)(H,29,32). The first-order valence-electron chi connectivity index (χ1n) is 11.2. The molecule has 0 heterocycles. The van der Waals surface area contributed by atoms with Crippen LogP contribution in [0.3, 0.4) is 0 Å². The van der Waals surface area contributed by atoms with Gasteiger partial charge in [0.2, 0.25) is 5.91 Å². The van der Waals surface area contributed by atoms with E-state index in [-0.39, 0.29) is 23.6 Å². The van der Waals surface area contributed by atoms with Crippen LogP contribution in [0.1, 0.15) is 40.5 Å². The first kappa shape index (κ1) is 22.3. The summed E-state index contributed by atoms with van der Waals surface area (Å²) in [6.07, 6.45) is 1.91. The maximum absolute atomic E-state index is 13.1. The molecular weight excluding hydrogens is 418 g/mol. The molecule has 3 amide bonds. The lowest BCUT2D eigenvalue weighted by Crippen LogP contribution is -2.35. The van der Waals surface area contributed by atoms with E-state index in [0.717, 1.165) is 23.6 Å². The molecule has 0 aliphatic heterocycles. The van der Waals surface area contributed by atoms with Gasteiger partial charge < -0.3 is 20.7 Å². The van der Waals surface area contributed by atoms with Crippen molar-refractivity contribution in [2.24, 2.45) is 5.92 Å². The van der Waals surface area contributed by atoms with Gasteiger partial charge in [0.1, 0.15) is 5.75 Å².